The minimum atomic E-state index is -3.24. The van der Waals surface area contributed by atoms with Gasteiger partial charge in [-0.2, -0.15) is 10.4 Å². The maximum absolute atomic E-state index is 11.2. The number of aromatic nitrogens is 2. The van der Waals surface area contributed by atoms with Crippen LogP contribution in [0.15, 0.2) is 0 Å². The van der Waals surface area contributed by atoms with Crippen LogP contribution < -0.4 is 10.0 Å². The molecule has 0 saturated carbocycles. The van der Waals surface area contributed by atoms with Crippen molar-refractivity contribution in [2.24, 2.45) is 7.05 Å². The highest BCUT2D eigenvalue weighted by molar-refractivity contribution is 7.89. The molecule has 17 heavy (non-hydrogen) atoms. The van der Waals surface area contributed by atoms with Gasteiger partial charge < -0.3 is 5.32 Å². The second kappa shape index (κ2) is 5.16. The Balaban J connectivity index is 2.74. The number of anilines is 1. The Hall–Kier alpha value is -1.59. The van der Waals surface area contributed by atoms with Crippen LogP contribution in [0, 0.1) is 18.3 Å². The SMILES string of the molecule is CNS(=O)(=O)CCNc1c(C#N)c(C)nn1C. The molecule has 1 rings (SSSR count). The van der Waals surface area contributed by atoms with Crippen molar-refractivity contribution in [1.82, 2.24) is 14.5 Å². The summed E-state index contributed by atoms with van der Waals surface area (Å²) >= 11 is 0. The normalized spacial score (nSPS) is 11.2. The van der Waals surface area contributed by atoms with Crippen LogP contribution in [0.5, 0.6) is 0 Å². The first kappa shape index (κ1) is 13.5. The molecule has 1 heterocycles. The lowest BCUT2D eigenvalue weighted by molar-refractivity contribution is 0.588. The van der Waals surface area contributed by atoms with Gasteiger partial charge in [-0.15, -0.1) is 0 Å². The average Bonchev–Trinajstić information content (AvgIpc) is 2.53. The van der Waals surface area contributed by atoms with Crippen molar-refractivity contribution in [3.8, 4) is 6.07 Å². The van der Waals surface area contributed by atoms with Gasteiger partial charge in [-0.1, -0.05) is 0 Å². The minimum absolute atomic E-state index is 0.0569. The van der Waals surface area contributed by atoms with E-state index in [9.17, 15) is 8.42 Å². The molecule has 94 valence electrons. The zero-order valence-corrected chi connectivity index (χ0v) is 10.8. The van der Waals surface area contributed by atoms with Crippen molar-refractivity contribution >= 4 is 15.8 Å². The third-order valence-electron chi connectivity index (χ3n) is 2.31. The third-order valence-corrected chi connectivity index (χ3v) is 3.67. The zero-order valence-electron chi connectivity index (χ0n) is 9.98. The summed E-state index contributed by atoms with van der Waals surface area (Å²) in [4.78, 5) is 0. The molecule has 0 unspecified atom stereocenters. The molecule has 0 aromatic carbocycles. The predicted molar refractivity (Wildman–Crippen MR) is 64.0 cm³/mol. The van der Waals surface area contributed by atoms with E-state index < -0.39 is 10.0 Å². The van der Waals surface area contributed by atoms with Gasteiger partial charge in [-0.05, 0) is 14.0 Å². The second-order valence-corrected chi connectivity index (χ2v) is 5.54. The van der Waals surface area contributed by atoms with Gasteiger partial charge >= 0.3 is 0 Å². The van der Waals surface area contributed by atoms with Gasteiger partial charge in [-0.25, -0.2) is 13.1 Å². The first-order valence-electron chi connectivity index (χ1n) is 5.00. The van der Waals surface area contributed by atoms with Crippen LogP contribution in [-0.4, -0.2) is 37.5 Å². The number of rotatable bonds is 5. The van der Waals surface area contributed by atoms with E-state index in [1.54, 1.807) is 14.0 Å². The fraction of sp³-hybridized carbons (Fsp3) is 0.556. The molecule has 0 aliphatic rings. The van der Waals surface area contributed by atoms with Crippen molar-refractivity contribution in [2.45, 2.75) is 6.92 Å². The molecule has 7 nitrogen and oxygen atoms in total. The molecule has 0 aliphatic carbocycles. The summed E-state index contributed by atoms with van der Waals surface area (Å²) in [6.45, 7) is 1.95. The van der Waals surface area contributed by atoms with Crippen molar-refractivity contribution in [1.29, 1.82) is 5.26 Å². The Morgan fingerprint density at radius 3 is 2.71 bits per heavy atom. The highest BCUT2D eigenvalue weighted by Crippen LogP contribution is 2.16. The Kier molecular flexibility index (Phi) is 4.09. The number of hydrogen-bond acceptors (Lipinski definition) is 5. The lowest BCUT2D eigenvalue weighted by atomic mass is 10.2. The molecule has 0 spiro atoms. The number of nitrogens with zero attached hydrogens (tertiary/aromatic N) is 3. The molecule has 0 atom stereocenters. The Morgan fingerprint density at radius 2 is 2.18 bits per heavy atom. The molecule has 0 fully saturated rings. The number of sulfonamides is 1. The first-order chi connectivity index (χ1) is 7.91. The van der Waals surface area contributed by atoms with Crippen LogP contribution in [0.3, 0.4) is 0 Å². The van der Waals surface area contributed by atoms with E-state index in [0.29, 0.717) is 17.1 Å². The van der Waals surface area contributed by atoms with Crippen molar-refractivity contribution in [2.75, 3.05) is 24.7 Å². The summed E-state index contributed by atoms with van der Waals surface area (Å²) in [5, 5.41) is 15.9. The maximum Gasteiger partial charge on any atom is 0.213 e. The lowest BCUT2D eigenvalue weighted by Gasteiger charge is -2.07. The van der Waals surface area contributed by atoms with E-state index in [1.165, 1.54) is 11.7 Å². The standard InChI is InChI=1S/C9H15N5O2S/c1-7-8(6-10)9(14(3)13-7)12-4-5-17(15,16)11-2/h11-12H,4-5H2,1-3H3. The summed E-state index contributed by atoms with van der Waals surface area (Å²) < 4.78 is 26.1. The van der Waals surface area contributed by atoms with Crippen molar-refractivity contribution in [3.63, 3.8) is 0 Å². The topological polar surface area (TPSA) is 99.8 Å². The number of aryl methyl sites for hydroxylation is 2. The van der Waals surface area contributed by atoms with Gasteiger partial charge in [0.15, 0.2) is 0 Å². The van der Waals surface area contributed by atoms with Gasteiger partial charge in [0.2, 0.25) is 10.0 Å². The third kappa shape index (κ3) is 3.18. The van der Waals surface area contributed by atoms with Gasteiger partial charge in [0.1, 0.15) is 17.5 Å². The van der Waals surface area contributed by atoms with E-state index >= 15 is 0 Å². The fourth-order valence-corrected chi connectivity index (χ4v) is 1.98. The molecule has 0 radical (unpaired) electrons. The van der Waals surface area contributed by atoms with Gasteiger partial charge in [-0.3, -0.25) is 4.68 Å². The highest BCUT2D eigenvalue weighted by atomic mass is 32.2. The molecule has 1 aromatic heterocycles. The van der Waals surface area contributed by atoms with Crippen LogP contribution in [0.2, 0.25) is 0 Å². The van der Waals surface area contributed by atoms with Gasteiger partial charge in [0, 0.05) is 13.6 Å². The van der Waals surface area contributed by atoms with Crippen molar-refractivity contribution in [3.05, 3.63) is 11.3 Å². The minimum Gasteiger partial charge on any atom is -0.368 e. The van der Waals surface area contributed by atoms with Crippen LogP contribution in [0.4, 0.5) is 5.82 Å². The number of nitrogens with one attached hydrogen (secondary N) is 2. The first-order valence-corrected chi connectivity index (χ1v) is 6.65. The van der Waals surface area contributed by atoms with Crippen molar-refractivity contribution < 1.29 is 8.42 Å². The van der Waals surface area contributed by atoms with Crippen LogP contribution in [-0.2, 0) is 17.1 Å². The molecule has 0 saturated heterocycles. The quantitative estimate of drug-likeness (QED) is 0.745. The largest absolute Gasteiger partial charge is 0.368 e. The Bertz CT molecular complexity index is 540. The van der Waals surface area contributed by atoms with Crippen LogP contribution in [0.1, 0.15) is 11.3 Å². The Morgan fingerprint density at radius 1 is 1.53 bits per heavy atom. The Labute approximate surface area is 100 Å². The van der Waals surface area contributed by atoms with Gasteiger partial charge in [0.25, 0.3) is 0 Å². The number of hydrogen-bond donors (Lipinski definition) is 2. The second-order valence-electron chi connectivity index (χ2n) is 3.49. The summed E-state index contributed by atoms with van der Waals surface area (Å²) in [5.74, 6) is 0.481. The fourth-order valence-electron chi connectivity index (χ4n) is 1.40. The summed E-state index contributed by atoms with van der Waals surface area (Å²) in [6, 6.07) is 2.04. The predicted octanol–water partition coefficient (Wildman–Crippen LogP) is -0.439. The summed E-state index contributed by atoms with van der Waals surface area (Å²) in [5.41, 5.74) is 1.06. The average molecular weight is 257 g/mol. The molecule has 8 heteroatoms. The highest BCUT2D eigenvalue weighted by Gasteiger charge is 2.13. The molecule has 2 N–H and O–H groups in total. The summed E-state index contributed by atoms with van der Waals surface area (Å²) in [6.07, 6.45) is 0. The maximum atomic E-state index is 11.2. The van der Waals surface area contributed by atoms with E-state index in [-0.39, 0.29) is 12.3 Å². The molecular weight excluding hydrogens is 242 g/mol. The monoisotopic (exact) mass is 257 g/mol. The zero-order chi connectivity index (χ0) is 13.1. The molecule has 0 bridgehead atoms. The van der Waals surface area contributed by atoms with Crippen LogP contribution in [0.25, 0.3) is 0 Å². The van der Waals surface area contributed by atoms with E-state index in [0.717, 1.165) is 0 Å². The van der Waals surface area contributed by atoms with E-state index in [1.807, 2.05) is 6.07 Å². The molecule has 0 aliphatic heterocycles. The smallest absolute Gasteiger partial charge is 0.213 e. The summed E-state index contributed by atoms with van der Waals surface area (Å²) in [7, 11) is -0.178. The molecular formula is C9H15N5O2S. The lowest BCUT2D eigenvalue weighted by Crippen LogP contribution is -2.26. The van der Waals surface area contributed by atoms with E-state index in [2.05, 4.69) is 15.1 Å². The molecule has 0 amide bonds. The molecule has 1 aromatic rings. The van der Waals surface area contributed by atoms with Crippen LogP contribution >= 0.6 is 0 Å². The van der Waals surface area contributed by atoms with E-state index in [4.69, 9.17) is 5.26 Å². The van der Waals surface area contributed by atoms with Gasteiger partial charge in [0.05, 0.1) is 11.4 Å². The number of nitriles is 1.